The molecule has 0 spiro atoms. The second-order valence-corrected chi connectivity index (χ2v) is 6.22. The van der Waals surface area contributed by atoms with Crippen LogP contribution in [0.1, 0.15) is 29.9 Å². The summed E-state index contributed by atoms with van der Waals surface area (Å²) in [5.41, 5.74) is 1.02. The third-order valence-corrected chi connectivity index (χ3v) is 4.07. The van der Waals surface area contributed by atoms with Crippen LogP contribution in [0.4, 0.5) is 18.9 Å². The molecule has 1 aromatic heterocycles. The second kappa shape index (κ2) is 8.19. The van der Waals surface area contributed by atoms with Crippen molar-refractivity contribution in [3.05, 3.63) is 42.2 Å². The molecule has 148 valence electrons. The van der Waals surface area contributed by atoms with Gasteiger partial charge in [-0.3, -0.25) is 9.59 Å². The molecule has 0 fully saturated rings. The number of nitrogens with one attached hydrogen (secondary N) is 2. The first kappa shape index (κ1) is 19.5. The third-order valence-electron chi connectivity index (χ3n) is 4.07. The number of amides is 2. The summed E-state index contributed by atoms with van der Waals surface area (Å²) in [5.74, 6) is -1.67. The molecule has 1 atom stereocenters. The van der Waals surface area contributed by atoms with E-state index in [0.717, 1.165) is 17.6 Å². The first-order chi connectivity index (χ1) is 13.3. The summed E-state index contributed by atoms with van der Waals surface area (Å²) in [4.78, 5) is 24.9. The molecule has 0 saturated carbocycles. The van der Waals surface area contributed by atoms with Gasteiger partial charge >= 0.3 is 6.18 Å². The molecule has 11 heteroatoms. The Morgan fingerprint density at radius 2 is 1.93 bits per heavy atom. The molecule has 2 aromatic rings. The van der Waals surface area contributed by atoms with Crippen LogP contribution >= 0.6 is 0 Å². The van der Waals surface area contributed by atoms with Crippen LogP contribution in [0, 0.1) is 5.92 Å². The highest BCUT2D eigenvalue weighted by Gasteiger charge is 2.28. The van der Waals surface area contributed by atoms with Crippen molar-refractivity contribution >= 4 is 17.5 Å². The monoisotopic (exact) mass is 394 g/mol. The summed E-state index contributed by atoms with van der Waals surface area (Å²) in [6.45, 7) is -1.48. The van der Waals surface area contributed by atoms with Gasteiger partial charge in [0.2, 0.25) is 5.91 Å². The number of halogens is 3. The normalized spacial score (nSPS) is 16.6. The van der Waals surface area contributed by atoms with Gasteiger partial charge in [0.15, 0.2) is 0 Å². The van der Waals surface area contributed by atoms with Crippen molar-refractivity contribution in [1.82, 2.24) is 25.5 Å². The SMILES string of the molecule is O=C(NCC(F)(F)F)c1nnn(-c2ccc(NC(=O)C3CC=CCC3)cc2)n1. The van der Waals surface area contributed by atoms with Crippen LogP contribution in [0.2, 0.25) is 0 Å². The molecule has 28 heavy (non-hydrogen) atoms. The van der Waals surface area contributed by atoms with Crippen LogP contribution in [0.3, 0.4) is 0 Å². The highest BCUT2D eigenvalue weighted by atomic mass is 19.4. The first-order valence-corrected chi connectivity index (χ1v) is 8.53. The van der Waals surface area contributed by atoms with Crippen molar-refractivity contribution in [2.24, 2.45) is 5.92 Å². The van der Waals surface area contributed by atoms with Gasteiger partial charge in [0.05, 0.1) is 5.69 Å². The molecule has 8 nitrogen and oxygen atoms in total. The molecule has 0 aliphatic heterocycles. The van der Waals surface area contributed by atoms with Gasteiger partial charge in [-0.25, -0.2) is 0 Å². The Morgan fingerprint density at radius 3 is 2.57 bits per heavy atom. The Labute approximate surface area is 157 Å². The van der Waals surface area contributed by atoms with Crippen molar-refractivity contribution < 1.29 is 22.8 Å². The molecule has 1 aromatic carbocycles. The Bertz CT molecular complexity index is 876. The number of hydrogen-bond donors (Lipinski definition) is 2. The number of tetrazole rings is 1. The summed E-state index contributed by atoms with van der Waals surface area (Å²) in [5, 5.41) is 15.4. The molecule has 1 aliphatic carbocycles. The minimum atomic E-state index is -4.53. The Morgan fingerprint density at radius 1 is 1.18 bits per heavy atom. The highest BCUT2D eigenvalue weighted by Crippen LogP contribution is 2.21. The summed E-state index contributed by atoms with van der Waals surface area (Å²) in [6, 6.07) is 6.46. The van der Waals surface area contributed by atoms with Crippen LogP contribution in [-0.4, -0.2) is 44.7 Å². The topological polar surface area (TPSA) is 102 Å². The molecule has 0 saturated heterocycles. The third kappa shape index (κ3) is 5.15. The zero-order valence-electron chi connectivity index (χ0n) is 14.6. The van der Waals surface area contributed by atoms with E-state index < -0.39 is 24.5 Å². The van der Waals surface area contributed by atoms with Crippen LogP contribution in [-0.2, 0) is 4.79 Å². The lowest BCUT2D eigenvalue weighted by molar-refractivity contribution is -0.123. The Hall–Kier alpha value is -3.24. The lowest BCUT2D eigenvalue weighted by Crippen LogP contribution is -2.34. The number of hydrogen-bond acceptors (Lipinski definition) is 5. The van der Waals surface area contributed by atoms with Crippen molar-refractivity contribution in [3.63, 3.8) is 0 Å². The van der Waals surface area contributed by atoms with E-state index in [1.54, 1.807) is 29.6 Å². The molecule has 1 unspecified atom stereocenters. The number of rotatable bonds is 5. The lowest BCUT2D eigenvalue weighted by Gasteiger charge is -2.17. The van der Waals surface area contributed by atoms with Crippen molar-refractivity contribution in [3.8, 4) is 5.69 Å². The standard InChI is InChI=1S/C17H17F3N6O2/c18-17(19,20)10-21-16(28)14-23-25-26(24-14)13-8-6-12(7-9-13)22-15(27)11-4-2-1-3-5-11/h1-2,6-9,11H,3-5,10H2,(H,21,28)(H,22,27). The average Bonchev–Trinajstić information content (AvgIpc) is 3.17. The molecule has 3 rings (SSSR count). The maximum absolute atomic E-state index is 12.2. The number of alkyl halides is 3. The Kier molecular flexibility index (Phi) is 5.71. The molecular weight excluding hydrogens is 377 g/mol. The Balaban J connectivity index is 1.60. The zero-order valence-corrected chi connectivity index (χ0v) is 14.6. The molecule has 2 amide bonds. The van der Waals surface area contributed by atoms with E-state index in [9.17, 15) is 22.8 Å². The number of anilines is 1. The van der Waals surface area contributed by atoms with Crippen LogP contribution in [0.25, 0.3) is 5.69 Å². The van der Waals surface area contributed by atoms with E-state index in [-0.39, 0.29) is 11.8 Å². The fraction of sp³-hybridized carbons (Fsp3) is 0.353. The van der Waals surface area contributed by atoms with E-state index >= 15 is 0 Å². The van der Waals surface area contributed by atoms with Crippen LogP contribution in [0.15, 0.2) is 36.4 Å². The van der Waals surface area contributed by atoms with Gasteiger partial charge in [-0.2, -0.15) is 13.2 Å². The predicted molar refractivity (Wildman–Crippen MR) is 92.7 cm³/mol. The van der Waals surface area contributed by atoms with Gasteiger partial charge in [0.25, 0.3) is 11.7 Å². The van der Waals surface area contributed by atoms with Gasteiger partial charge in [0.1, 0.15) is 6.54 Å². The zero-order chi connectivity index (χ0) is 20.1. The number of allylic oxidation sites excluding steroid dienone is 2. The van der Waals surface area contributed by atoms with Gasteiger partial charge in [-0.15, -0.1) is 15.0 Å². The van der Waals surface area contributed by atoms with Crippen LogP contribution in [0.5, 0.6) is 0 Å². The van der Waals surface area contributed by atoms with Crippen molar-refractivity contribution in [2.75, 3.05) is 11.9 Å². The lowest BCUT2D eigenvalue weighted by atomic mass is 9.93. The van der Waals surface area contributed by atoms with E-state index in [1.165, 1.54) is 0 Å². The van der Waals surface area contributed by atoms with Gasteiger partial charge in [0, 0.05) is 11.6 Å². The number of aromatic nitrogens is 4. The minimum absolute atomic E-state index is 0.0559. The molecule has 0 radical (unpaired) electrons. The molecule has 0 bridgehead atoms. The number of carbonyl (C=O) groups excluding carboxylic acids is 2. The number of benzene rings is 1. The predicted octanol–water partition coefficient (Wildman–Crippen LogP) is 2.25. The van der Waals surface area contributed by atoms with Crippen molar-refractivity contribution in [1.29, 1.82) is 0 Å². The molecular formula is C17H17F3N6O2. The van der Waals surface area contributed by atoms with Crippen molar-refractivity contribution in [2.45, 2.75) is 25.4 Å². The fourth-order valence-corrected chi connectivity index (χ4v) is 2.63. The number of nitrogens with zero attached hydrogens (tertiary/aromatic N) is 4. The summed E-state index contributed by atoms with van der Waals surface area (Å²) >= 11 is 0. The largest absolute Gasteiger partial charge is 0.405 e. The van der Waals surface area contributed by atoms with Crippen LogP contribution < -0.4 is 10.6 Å². The molecule has 1 heterocycles. The highest BCUT2D eigenvalue weighted by molar-refractivity contribution is 5.92. The molecule has 2 N–H and O–H groups in total. The maximum atomic E-state index is 12.2. The van der Waals surface area contributed by atoms with Gasteiger partial charge < -0.3 is 10.6 Å². The summed E-state index contributed by atoms with van der Waals surface area (Å²) in [6.07, 6.45) is 1.93. The van der Waals surface area contributed by atoms with E-state index in [0.29, 0.717) is 17.8 Å². The van der Waals surface area contributed by atoms with E-state index in [1.807, 2.05) is 6.08 Å². The maximum Gasteiger partial charge on any atom is 0.405 e. The van der Waals surface area contributed by atoms with Gasteiger partial charge in [-0.1, -0.05) is 12.2 Å². The number of carbonyl (C=O) groups is 2. The average molecular weight is 394 g/mol. The van der Waals surface area contributed by atoms with Gasteiger partial charge in [-0.05, 0) is 48.7 Å². The van der Waals surface area contributed by atoms with E-state index in [4.69, 9.17) is 0 Å². The smallest absolute Gasteiger partial charge is 0.340 e. The minimum Gasteiger partial charge on any atom is -0.340 e. The van der Waals surface area contributed by atoms with E-state index in [2.05, 4.69) is 26.8 Å². The summed E-state index contributed by atoms with van der Waals surface area (Å²) < 4.78 is 36.4. The first-order valence-electron chi connectivity index (χ1n) is 8.53. The summed E-state index contributed by atoms with van der Waals surface area (Å²) in [7, 11) is 0. The molecule has 1 aliphatic rings. The fourth-order valence-electron chi connectivity index (χ4n) is 2.63. The quantitative estimate of drug-likeness (QED) is 0.758. The second-order valence-electron chi connectivity index (χ2n) is 6.22.